The van der Waals surface area contributed by atoms with E-state index in [-0.39, 0.29) is 18.5 Å². The van der Waals surface area contributed by atoms with Gasteiger partial charge in [0.25, 0.3) is 0 Å². The average Bonchev–Trinajstić information content (AvgIpc) is 3.14. The molecule has 0 spiro atoms. The number of ether oxygens (including phenoxy) is 1. The fourth-order valence-corrected chi connectivity index (χ4v) is 6.38. The van der Waals surface area contributed by atoms with Crippen molar-refractivity contribution in [2.45, 2.75) is 231 Å². The van der Waals surface area contributed by atoms with Gasteiger partial charge in [0.15, 0.2) is 0 Å². The topological polar surface area (TPSA) is 95.9 Å². The quantitative estimate of drug-likeness (QED) is 0.0331. The standard InChI is InChI=1S/C46H85NO5/c1-3-5-7-9-11-13-14-15-16-20-24-28-32-36-40-46(51)52-41-37-33-29-25-21-18-17-19-23-27-31-35-39-45(50)47-43(42-48)44(49)38-34-30-26-22-12-10-8-6-4-2/h14-15,18,21,34,38,43-44,48-49H,3-13,16-17,19-20,22-33,35-37,39-42H2,1-2H3,(H,47,50)/b15-14-,21-18-,38-34+. The van der Waals surface area contributed by atoms with Gasteiger partial charge in [-0.25, -0.2) is 0 Å². The molecular formula is C46H85NO5. The minimum Gasteiger partial charge on any atom is -0.466 e. The highest BCUT2D eigenvalue weighted by Gasteiger charge is 2.18. The van der Waals surface area contributed by atoms with E-state index in [1.54, 1.807) is 6.08 Å². The third-order valence-electron chi connectivity index (χ3n) is 9.88. The number of hydrogen-bond donors (Lipinski definition) is 3. The van der Waals surface area contributed by atoms with Gasteiger partial charge in [0, 0.05) is 12.8 Å². The summed E-state index contributed by atoms with van der Waals surface area (Å²) in [6.45, 7) is 4.78. The number of allylic oxidation sites excluding steroid dienone is 5. The van der Waals surface area contributed by atoms with Crippen molar-refractivity contribution >= 4 is 11.9 Å². The Labute approximate surface area is 322 Å². The van der Waals surface area contributed by atoms with Gasteiger partial charge in [-0.3, -0.25) is 9.59 Å². The fraction of sp³-hybridized carbons (Fsp3) is 0.826. The normalized spacial score (nSPS) is 13.1. The van der Waals surface area contributed by atoms with Gasteiger partial charge in [-0.15, -0.1) is 0 Å². The van der Waals surface area contributed by atoms with Crippen LogP contribution < -0.4 is 5.32 Å². The zero-order valence-electron chi connectivity index (χ0n) is 34.3. The monoisotopic (exact) mass is 732 g/mol. The second-order valence-electron chi connectivity index (χ2n) is 15.0. The molecule has 0 rings (SSSR count). The first kappa shape index (κ1) is 50.1. The highest BCUT2D eigenvalue weighted by atomic mass is 16.5. The molecule has 0 aliphatic heterocycles. The summed E-state index contributed by atoms with van der Waals surface area (Å²) in [6.07, 6.45) is 48.5. The number of aliphatic hydroxyl groups is 2. The highest BCUT2D eigenvalue weighted by molar-refractivity contribution is 5.76. The van der Waals surface area contributed by atoms with Crippen molar-refractivity contribution in [3.8, 4) is 0 Å². The van der Waals surface area contributed by atoms with Crippen LogP contribution in [0.1, 0.15) is 219 Å². The van der Waals surface area contributed by atoms with E-state index in [2.05, 4.69) is 43.5 Å². The van der Waals surface area contributed by atoms with Gasteiger partial charge in [-0.05, 0) is 89.9 Å². The molecule has 0 saturated carbocycles. The summed E-state index contributed by atoms with van der Waals surface area (Å²) in [5, 5.41) is 22.8. The van der Waals surface area contributed by atoms with Crippen molar-refractivity contribution in [1.29, 1.82) is 0 Å². The average molecular weight is 732 g/mol. The highest BCUT2D eigenvalue weighted by Crippen LogP contribution is 2.12. The number of unbranched alkanes of at least 4 members (excludes halogenated alkanes) is 25. The molecule has 0 aromatic heterocycles. The lowest BCUT2D eigenvalue weighted by atomic mass is 10.1. The van der Waals surface area contributed by atoms with E-state index in [4.69, 9.17) is 4.74 Å². The predicted octanol–water partition coefficient (Wildman–Crippen LogP) is 12.6. The lowest BCUT2D eigenvalue weighted by Gasteiger charge is -2.20. The molecule has 0 heterocycles. The molecule has 52 heavy (non-hydrogen) atoms. The molecule has 2 atom stereocenters. The summed E-state index contributed by atoms with van der Waals surface area (Å²) < 4.78 is 5.42. The summed E-state index contributed by atoms with van der Waals surface area (Å²) in [5.74, 6) is -0.133. The van der Waals surface area contributed by atoms with Crippen molar-refractivity contribution in [2.75, 3.05) is 13.2 Å². The number of hydrogen-bond acceptors (Lipinski definition) is 5. The Kier molecular flexibility index (Phi) is 40.3. The van der Waals surface area contributed by atoms with E-state index in [1.807, 2.05) is 6.08 Å². The summed E-state index contributed by atoms with van der Waals surface area (Å²) in [5.41, 5.74) is 0. The molecule has 2 unspecified atom stereocenters. The van der Waals surface area contributed by atoms with Crippen molar-refractivity contribution in [3.05, 3.63) is 36.5 Å². The maximum absolute atomic E-state index is 12.3. The van der Waals surface area contributed by atoms with E-state index in [9.17, 15) is 19.8 Å². The number of carbonyl (C=O) groups excluding carboxylic acids is 2. The molecule has 0 bridgehead atoms. The summed E-state index contributed by atoms with van der Waals surface area (Å²) in [6, 6.07) is -0.644. The van der Waals surface area contributed by atoms with Gasteiger partial charge in [0.1, 0.15) is 0 Å². The molecule has 1 amide bonds. The van der Waals surface area contributed by atoms with Gasteiger partial charge < -0.3 is 20.3 Å². The number of rotatable bonds is 40. The lowest BCUT2D eigenvalue weighted by molar-refractivity contribution is -0.143. The van der Waals surface area contributed by atoms with Gasteiger partial charge in [0.05, 0.1) is 25.4 Å². The van der Waals surface area contributed by atoms with Crippen LogP contribution in [0.15, 0.2) is 36.5 Å². The van der Waals surface area contributed by atoms with Crippen LogP contribution in [0.4, 0.5) is 0 Å². The Morgan fingerprint density at radius 2 is 0.904 bits per heavy atom. The van der Waals surface area contributed by atoms with E-state index >= 15 is 0 Å². The van der Waals surface area contributed by atoms with Crippen LogP contribution in [0.5, 0.6) is 0 Å². The molecular weight excluding hydrogens is 647 g/mol. The molecule has 0 radical (unpaired) electrons. The van der Waals surface area contributed by atoms with Crippen molar-refractivity contribution in [1.82, 2.24) is 5.32 Å². The van der Waals surface area contributed by atoms with Gasteiger partial charge >= 0.3 is 5.97 Å². The number of aliphatic hydroxyl groups excluding tert-OH is 2. The molecule has 0 aliphatic rings. The molecule has 0 saturated heterocycles. The van der Waals surface area contributed by atoms with Crippen LogP contribution in [0.25, 0.3) is 0 Å². The number of nitrogens with one attached hydrogen (secondary N) is 1. The Bertz CT molecular complexity index is 854. The van der Waals surface area contributed by atoms with Gasteiger partial charge in [-0.1, -0.05) is 153 Å². The second-order valence-corrected chi connectivity index (χ2v) is 15.0. The molecule has 0 aromatic carbocycles. The van der Waals surface area contributed by atoms with Crippen LogP contribution in [-0.2, 0) is 14.3 Å². The maximum atomic E-state index is 12.3. The fourth-order valence-electron chi connectivity index (χ4n) is 6.38. The van der Waals surface area contributed by atoms with Crippen LogP contribution in [0.3, 0.4) is 0 Å². The molecule has 0 aromatic rings. The van der Waals surface area contributed by atoms with E-state index in [1.165, 1.54) is 109 Å². The molecule has 0 aliphatic carbocycles. The summed E-state index contributed by atoms with van der Waals surface area (Å²) in [7, 11) is 0. The number of esters is 1. The minimum atomic E-state index is -0.858. The number of amides is 1. The second kappa shape index (κ2) is 41.8. The van der Waals surface area contributed by atoms with Crippen molar-refractivity contribution in [3.63, 3.8) is 0 Å². The Morgan fingerprint density at radius 1 is 0.519 bits per heavy atom. The van der Waals surface area contributed by atoms with E-state index in [0.29, 0.717) is 19.4 Å². The minimum absolute atomic E-state index is 0.0346. The predicted molar refractivity (Wildman–Crippen MR) is 222 cm³/mol. The van der Waals surface area contributed by atoms with Crippen LogP contribution in [0, 0.1) is 0 Å². The molecule has 6 heteroatoms. The first-order valence-electron chi connectivity index (χ1n) is 22.3. The van der Waals surface area contributed by atoms with Gasteiger partial charge in [0.2, 0.25) is 5.91 Å². The SMILES string of the molecule is CCCCCCC/C=C\CCCCCCCC(=O)OCCCCC/C=C\CCCCCCCC(=O)NC(CO)C(O)/C=C/CCCCCCCCC. The Hall–Kier alpha value is -1.92. The van der Waals surface area contributed by atoms with Crippen molar-refractivity contribution < 1.29 is 24.5 Å². The number of carbonyl (C=O) groups is 2. The smallest absolute Gasteiger partial charge is 0.305 e. The Morgan fingerprint density at radius 3 is 1.37 bits per heavy atom. The van der Waals surface area contributed by atoms with Crippen molar-refractivity contribution in [2.24, 2.45) is 0 Å². The first-order chi connectivity index (χ1) is 25.5. The molecule has 304 valence electrons. The third kappa shape index (κ3) is 37.8. The maximum Gasteiger partial charge on any atom is 0.305 e. The lowest BCUT2D eigenvalue weighted by Crippen LogP contribution is -2.45. The van der Waals surface area contributed by atoms with E-state index in [0.717, 1.165) is 83.5 Å². The van der Waals surface area contributed by atoms with Gasteiger partial charge in [-0.2, -0.15) is 0 Å². The van der Waals surface area contributed by atoms with Crippen LogP contribution >= 0.6 is 0 Å². The van der Waals surface area contributed by atoms with E-state index < -0.39 is 12.1 Å². The molecule has 3 N–H and O–H groups in total. The zero-order valence-corrected chi connectivity index (χ0v) is 34.3. The molecule has 6 nitrogen and oxygen atoms in total. The largest absolute Gasteiger partial charge is 0.466 e. The molecule has 0 fully saturated rings. The Balaban J connectivity index is 3.54. The zero-order chi connectivity index (χ0) is 38.0. The van der Waals surface area contributed by atoms with Crippen LogP contribution in [0.2, 0.25) is 0 Å². The van der Waals surface area contributed by atoms with Crippen LogP contribution in [-0.4, -0.2) is 47.4 Å². The first-order valence-corrected chi connectivity index (χ1v) is 22.3. The summed E-state index contributed by atoms with van der Waals surface area (Å²) in [4.78, 5) is 24.3. The summed E-state index contributed by atoms with van der Waals surface area (Å²) >= 11 is 0. The third-order valence-corrected chi connectivity index (χ3v) is 9.88.